The zero-order valence-corrected chi connectivity index (χ0v) is 21.5. The molecule has 9 nitrogen and oxygen atoms in total. The van der Waals surface area contributed by atoms with Gasteiger partial charge < -0.3 is 9.47 Å². The number of anilines is 2. The number of halogens is 2. The maximum atomic E-state index is 14.9. The van der Waals surface area contributed by atoms with Gasteiger partial charge in [0.15, 0.2) is 11.6 Å². The zero-order valence-electron chi connectivity index (χ0n) is 21.5. The SMILES string of the molecule is CCN1CCN(Cc2cnc(Nc3ncc(F)c(-c4cc(F)c5nc(C)n(C(C)C)c5c4)n3)nc2)CC1. The Kier molecular flexibility index (Phi) is 7.07. The number of likely N-dealkylation sites (N-methyl/N-ethyl adjacent to an activating group) is 1. The monoisotopic (exact) mass is 507 g/mol. The summed E-state index contributed by atoms with van der Waals surface area (Å²) in [5.41, 5.74) is 2.13. The molecule has 0 saturated carbocycles. The minimum atomic E-state index is -0.656. The van der Waals surface area contributed by atoms with E-state index in [1.54, 1.807) is 18.5 Å². The van der Waals surface area contributed by atoms with Gasteiger partial charge in [-0.05, 0) is 39.4 Å². The van der Waals surface area contributed by atoms with Gasteiger partial charge in [-0.3, -0.25) is 10.2 Å². The predicted molar refractivity (Wildman–Crippen MR) is 139 cm³/mol. The Morgan fingerprint density at radius 3 is 2.24 bits per heavy atom. The quantitative estimate of drug-likeness (QED) is 0.396. The van der Waals surface area contributed by atoms with E-state index >= 15 is 0 Å². The highest BCUT2D eigenvalue weighted by atomic mass is 19.1. The fourth-order valence-corrected chi connectivity index (χ4v) is 4.81. The van der Waals surface area contributed by atoms with Gasteiger partial charge in [0, 0.05) is 62.3 Å². The fraction of sp³-hybridized carbons (Fsp3) is 0.423. The summed E-state index contributed by atoms with van der Waals surface area (Å²) in [7, 11) is 0. The highest BCUT2D eigenvalue weighted by Crippen LogP contribution is 2.30. The summed E-state index contributed by atoms with van der Waals surface area (Å²) >= 11 is 0. The number of nitrogens with zero attached hydrogens (tertiary/aromatic N) is 8. The molecule has 0 radical (unpaired) electrons. The molecule has 0 aliphatic carbocycles. The van der Waals surface area contributed by atoms with E-state index in [2.05, 4.69) is 47.0 Å². The van der Waals surface area contributed by atoms with Crippen molar-refractivity contribution in [3.8, 4) is 11.3 Å². The van der Waals surface area contributed by atoms with Gasteiger partial charge in [-0.15, -0.1) is 0 Å². The van der Waals surface area contributed by atoms with Gasteiger partial charge in [-0.25, -0.2) is 33.7 Å². The molecule has 5 rings (SSSR count). The molecule has 1 aliphatic rings. The summed E-state index contributed by atoms with van der Waals surface area (Å²) in [6, 6.07) is 3.02. The third-order valence-electron chi connectivity index (χ3n) is 6.71. The standard InChI is InChI=1S/C26H31F2N9/c1-5-35-6-8-36(9-7-35)15-18-12-29-25(30-13-18)34-26-31-14-21(28)23(33-26)19-10-20(27)24-22(11-19)37(16(2)3)17(4)32-24/h10-14,16H,5-9,15H2,1-4H3,(H,29,30,31,33,34). The summed E-state index contributed by atoms with van der Waals surface area (Å²) < 4.78 is 31.6. The van der Waals surface area contributed by atoms with Crippen LogP contribution in [0.3, 0.4) is 0 Å². The Morgan fingerprint density at radius 2 is 1.57 bits per heavy atom. The van der Waals surface area contributed by atoms with Gasteiger partial charge in [0.05, 0.1) is 11.7 Å². The van der Waals surface area contributed by atoms with E-state index in [-0.39, 0.29) is 23.2 Å². The van der Waals surface area contributed by atoms with Crippen molar-refractivity contribution >= 4 is 22.9 Å². The number of aromatic nitrogens is 6. The summed E-state index contributed by atoms with van der Waals surface area (Å²) in [4.78, 5) is 26.3. The molecule has 1 aromatic carbocycles. The zero-order chi connectivity index (χ0) is 26.1. The minimum Gasteiger partial charge on any atom is -0.326 e. The van der Waals surface area contributed by atoms with Crippen molar-refractivity contribution in [2.75, 3.05) is 38.0 Å². The van der Waals surface area contributed by atoms with Crippen LogP contribution in [-0.2, 0) is 6.54 Å². The Morgan fingerprint density at radius 1 is 0.892 bits per heavy atom. The molecule has 1 saturated heterocycles. The Labute approximate surface area is 214 Å². The molecule has 0 amide bonds. The second kappa shape index (κ2) is 10.4. The van der Waals surface area contributed by atoms with Crippen molar-refractivity contribution in [1.82, 2.24) is 39.3 Å². The molecule has 0 spiro atoms. The van der Waals surface area contributed by atoms with Gasteiger partial charge >= 0.3 is 0 Å². The minimum absolute atomic E-state index is 0.0182. The normalized spacial score (nSPS) is 15.1. The first-order valence-electron chi connectivity index (χ1n) is 12.6. The number of rotatable bonds is 7. The van der Waals surface area contributed by atoms with Crippen LogP contribution in [0.25, 0.3) is 22.3 Å². The number of imidazole rings is 1. The third-order valence-corrected chi connectivity index (χ3v) is 6.71. The van der Waals surface area contributed by atoms with Crippen LogP contribution in [0, 0.1) is 18.6 Å². The average molecular weight is 508 g/mol. The first kappa shape index (κ1) is 25.1. The van der Waals surface area contributed by atoms with Crippen LogP contribution in [-0.4, -0.2) is 72.0 Å². The highest BCUT2D eigenvalue weighted by Gasteiger charge is 2.19. The van der Waals surface area contributed by atoms with Crippen LogP contribution in [0.1, 0.15) is 38.2 Å². The lowest BCUT2D eigenvalue weighted by molar-refractivity contribution is 0.132. The van der Waals surface area contributed by atoms with Crippen molar-refractivity contribution in [1.29, 1.82) is 0 Å². The lowest BCUT2D eigenvalue weighted by atomic mass is 10.1. The molecule has 11 heteroatoms. The Bertz CT molecular complexity index is 1390. The lowest BCUT2D eigenvalue weighted by Crippen LogP contribution is -2.45. The second-order valence-electron chi connectivity index (χ2n) is 9.59. The van der Waals surface area contributed by atoms with Crippen LogP contribution in [0.2, 0.25) is 0 Å². The molecule has 0 bridgehead atoms. The Balaban J connectivity index is 1.35. The molecular formula is C26H31F2N9. The number of hydrogen-bond donors (Lipinski definition) is 1. The third kappa shape index (κ3) is 5.28. The van der Waals surface area contributed by atoms with E-state index in [0.29, 0.717) is 22.9 Å². The average Bonchev–Trinajstić information content (AvgIpc) is 3.23. The van der Waals surface area contributed by atoms with Crippen LogP contribution < -0.4 is 5.32 Å². The van der Waals surface area contributed by atoms with E-state index in [4.69, 9.17) is 0 Å². The van der Waals surface area contributed by atoms with Gasteiger partial charge in [-0.1, -0.05) is 6.92 Å². The topological polar surface area (TPSA) is 87.9 Å². The number of aryl methyl sites for hydroxylation is 1. The molecule has 194 valence electrons. The molecule has 3 aromatic heterocycles. The van der Waals surface area contributed by atoms with Gasteiger partial charge in [0.1, 0.15) is 17.0 Å². The summed E-state index contributed by atoms with van der Waals surface area (Å²) in [5, 5.41) is 2.93. The summed E-state index contributed by atoms with van der Waals surface area (Å²) in [5.74, 6) is -0.0786. The molecule has 0 atom stereocenters. The van der Waals surface area contributed by atoms with Crippen molar-refractivity contribution in [3.63, 3.8) is 0 Å². The van der Waals surface area contributed by atoms with E-state index in [1.165, 1.54) is 6.07 Å². The van der Waals surface area contributed by atoms with E-state index in [1.807, 2.05) is 25.3 Å². The summed E-state index contributed by atoms with van der Waals surface area (Å²) in [6.45, 7) is 14.0. The van der Waals surface area contributed by atoms with Crippen molar-refractivity contribution in [3.05, 3.63) is 53.7 Å². The molecule has 4 aromatic rings. The molecule has 1 fully saturated rings. The van der Waals surface area contributed by atoms with Crippen molar-refractivity contribution in [2.24, 2.45) is 0 Å². The van der Waals surface area contributed by atoms with Crippen LogP contribution in [0.4, 0.5) is 20.7 Å². The van der Waals surface area contributed by atoms with Crippen LogP contribution >= 0.6 is 0 Å². The van der Waals surface area contributed by atoms with Gasteiger partial charge in [0.2, 0.25) is 11.9 Å². The molecule has 1 N–H and O–H groups in total. The predicted octanol–water partition coefficient (Wildman–Crippen LogP) is 4.33. The van der Waals surface area contributed by atoms with E-state index < -0.39 is 11.6 Å². The van der Waals surface area contributed by atoms with E-state index in [0.717, 1.165) is 51.0 Å². The molecule has 0 unspecified atom stereocenters. The second-order valence-corrected chi connectivity index (χ2v) is 9.59. The van der Waals surface area contributed by atoms with Crippen LogP contribution in [0.15, 0.2) is 30.7 Å². The van der Waals surface area contributed by atoms with Crippen LogP contribution in [0.5, 0.6) is 0 Å². The highest BCUT2D eigenvalue weighted by molar-refractivity contribution is 5.83. The first-order valence-corrected chi connectivity index (χ1v) is 12.6. The smallest absolute Gasteiger partial charge is 0.230 e. The van der Waals surface area contributed by atoms with E-state index in [9.17, 15) is 8.78 Å². The molecule has 37 heavy (non-hydrogen) atoms. The maximum Gasteiger partial charge on any atom is 0.230 e. The van der Waals surface area contributed by atoms with Crippen molar-refractivity contribution in [2.45, 2.75) is 40.3 Å². The first-order chi connectivity index (χ1) is 17.8. The number of hydrogen-bond acceptors (Lipinski definition) is 8. The number of benzene rings is 1. The number of fused-ring (bicyclic) bond motifs is 1. The molecule has 4 heterocycles. The number of nitrogens with one attached hydrogen (secondary N) is 1. The molecule has 1 aliphatic heterocycles. The van der Waals surface area contributed by atoms with Gasteiger partial charge in [0.25, 0.3) is 0 Å². The Hall–Kier alpha value is -3.57. The lowest BCUT2D eigenvalue weighted by Gasteiger charge is -2.33. The van der Waals surface area contributed by atoms with Gasteiger partial charge in [-0.2, -0.15) is 0 Å². The fourth-order valence-electron chi connectivity index (χ4n) is 4.81. The number of piperazine rings is 1. The molecular weight excluding hydrogens is 476 g/mol. The largest absolute Gasteiger partial charge is 0.326 e. The maximum absolute atomic E-state index is 14.9. The van der Waals surface area contributed by atoms with Crippen molar-refractivity contribution < 1.29 is 8.78 Å². The summed E-state index contributed by atoms with van der Waals surface area (Å²) in [6.07, 6.45) is 4.59.